The summed E-state index contributed by atoms with van der Waals surface area (Å²) < 4.78 is 0. The number of nitro groups is 1. The Hall–Kier alpha value is -2.91. The van der Waals surface area contributed by atoms with E-state index in [0.29, 0.717) is 5.69 Å². The molecule has 0 unspecified atom stereocenters. The third kappa shape index (κ3) is 4.54. The lowest BCUT2D eigenvalue weighted by molar-refractivity contribution is -0.384. The molecule has 0 aromatic heterocycles. The molecule has 0 amide bonds. The van der Waals surface area contributed by atoms with E-state index in [9.17, 15) is 14.9 Å². The van der Waals surface area contributed by atoms with Gasteiger partial charge in [-0.1, -0.05) is 11.6 Å². The van der Waals surface area contributed by atoms with E-state index in [2.05, 4.69) is 16.2 Å². The molecule has 124 valence electrons. The summed E-state index contributed by atoms with van der Waals surface area (Å²) in [5.74, 6) is -1.02. The molecular weight excluding hydrogens is 356 g/mol. The number of non-ortho nitro benzene ring substituents is 1. The highest BCUT2D eigenvalue weighted by atomic mass is 35.5. The number of hydrogen-bond acceptors (Lipinski definition) is 5. The number of nitro benzene ring substituents is 1. The fourth-order valence-electron chi connectivity index (χ4n) is 1.70. The zero-order chi connectivity index (χ0) is 17.7. The Balaban J connectivity index is 1.97. The van der Waals surface area contributed by atoms with Gasteiger partial charge in [-0.25, -0.2) is 4.79 Å². The Labute approximate surface area is 146 Å². The van der Waals surface area contributed by atoms with E-state index in [1.807, 2.05) is 0 Å². The average molecular weight is 367 g/mol. The molecule has 8 nitrogen and oxygen atoms in total. The lowest BCUT2D eigenvalue weighted by atomic mass is 10.2. The summed E-state index contributed by atoms with van der Waals surface area (Å²) in [6.07, 6.45) is 0. The predicted octanol–water partition coefficient (Wildman–Crippen LogP) is 3.26. The summed E-state index contributed by atoms with van der Waals surface area (Å²) in [6, 6.07) is 9.91. The first kappa shape index (κ1) is 17.4. The summed E-state index contributed by atoms with van der Waals surface area (Å²) in [5.41, 5.74) is 6.33. The number of aromatic carboxylic acids is 1. The molecule has 0 aliphatic heterocycles. The van der Waals surface area contributed by atoms with Crippen molar-refractivity contribution in [1.29, 1.82) is 0 Å². The zero-order valence-corrected chi connectivity index (χ0v) is 13.5. The average Bonchev–Trinajstić information content (AvgIpc) is 2.55. The molecule has 0 spiro atoms. The van der Waals surface area contributed by atoms with Crippen LogP contribution in [0.4, 0.5) is 17.1 Å². The van der Waals surface area contributed by atoms with Crippen LogP contribution < -0.4 is 16.2 Å². The maximum absolute atomic E-state index is 10.8. The second kappa shape index (κ2) is 7.57. The van der Waals surface area contributed by atoms with Gasteiger partial charge in [-0.2, -0.15) is 0 Å². The van der Waals surface area contributed by atoms with E-state index >= 15 is 0 Å². The van der Waals surface area contributed by atoms with E-state index in [4.69, 9.17) is 28.9 Å². The SMILES string of the molecule is O=C(O)c1ccc(NNC(=S)Nc2cc([N+](=O)[O-])ccc2Cl)cc1. The van der Waals surface area contributed by atoms with Gasteiger partial charge in [0.1, 0.15) is 0 Å². The molecule has 0 fully saturated rings. The zero-order valence-electron chi connectivity index (χ0n) is 11.9. The summed E-state index contributed by atoms with van der Waals surface area (Å²) in [7, 11) is 0. The van der Waals surface area contributed by atoms with Gasteiger partial charge in [0, 0.05) is 12.1 Å². The summed E-state index contributed by atoms with van der Waals surface area (Å²) in [6.45, 7) is 0. The topological polar surface area (TPSA) is 117 Å². The molecule has 0 aliphatic rings. The second-order valence-electron chi connectivity index (χ2n) is 4.51. The number of nitrogens with one attached hydrogen (secondary N) is 3. The van der Waals surface area contributed by atoms with Crippen molar-refractivity contribution in [2.24, 2.45) is 0 Å². The molecule has 0 saturated carbocycles. The molecule has 0 radical (unpaired) electrons. The maximum atomic E-state index is 10.8. The maximum Gasteiger partial charge on any atom is 0.335 e. The lowest BCUT2D eigenvalue weighted by Crippen LogP contribution is -2.33. The van der Waals surface area contributed by atoms with Crippen LogP contribution in [0, 0.1) is 10.1 Å². The van der Waals surface area contributed by atoms with Crippen LogP contribution in [0.5, 0.6) is 0 Å². The number of anilines is 2. The molecule has 0 heterocycles. The van der Waals surface area contributed by atoms with E-state index in [1.54, 1.807) is 12.1 Å². The largest absolute Gasteiger partial charge is 0.478 e. The Morgan fingerprint density at radius 1 is 1.21 bits per heavy atom. The van der Waals surface area contributed by atoms with Crippen LogP contribution >= 0.6 is 23.8 Å². The van der Waals surface area contributed by atoms with Gasteiger partial charge in [-0.05, 0) is 42.5 Å². The molecule has 0 aliphatic carbocycles. The first-order chi connectivity index (χ1) is 11.4. The highest BCUT2D eigenvalue weighted by molar-refractivity contribution is 7.80. The number of hydrogen-bond donors (Lipinski definition) is 4. The summed E-state index contributed by atoms with van der Waals surface area (Å²) in [5, 5.41) is 22.7. The number of carboxylic acid groups (broad SMARTS) is 1. The summed E-state index contributed by atoms with van der Waals surface area (Å²) >= 11 is 11.0. The van der Waals surface area contributed by atoms with Gasteiger partial charge in [0.05, 0.1) is 26.9 Å². The van der Waals surface area contributed by atoms with Crippen molar-refractivity contribution in [3.63, 3.8) is 0 Å². The highest BCUT2D eigenvalue weighted by Crippen LogP contribution is 2.26. The minimum absolute atomic E-state index is 0.123. The van der Waals surface area contributed by atoms with Crippen molar-refractivity contribution < 1.29 is 14.8 Å². The van der Waals surface area contributed by atoms with Crippen molar-refractivity contribution in [1.82, 2.24) is 5.43 Å². The third-order valence-electron chi connectivity index (χ3n) is 2.86. The van der Waals surface area contributed by atoms with Crippen molar-refractivity contribution in [3.05, 3.63) is 63.2 Å². The quantitative estimate of drug-likeness (QED) is 0.362. The first-order valence-electron chi connectivity index (χ1n) is 6.47. The minimum Gasteiger partial charge on any atom is -0.478 e. The van der Waals surface area contributed by atoms with Crippen LogP contribution in [0.1, 0.15) is 10.4 Å². The van der Waals surface area contributed by atoms with Crippen LogP contribution in [0.25, 0.3) is 0 Å². The fraction of sp³-hybridized carbons (Fsp3) is 0. The molecule has 0 atom stereocenters. The third-order valence-corrected chi connectivity index (χ3v) is 3.39. The van der Waals surface area contributed by atoms with Crippen molar-refractivity contribution >= 4 is 52.0 Å². The number of nitrogens with zero attached hydrogens (tertiary/aromatic N) is 1. The van der Waals surface area contributed by atoms with Gasteiger partial charge < -0.3 is 10.4 Å². The molecule has 0 bridgehead atoms. The molecule has 4 N–H and O–H groups in total. The number of hydrazine groups is 1. The minimum atomic E-state index is -1.02. The smallest absolute Gasteiger partial charge is 0.335 e. The molecule has 10 heteroatoms. The van der Waals surface area contributed by atoms with Crippen LogP contribution in [0.2, 0.25) is 5.02 Å². The lowest BCUT2D eigenvalue weighted by Gasteiger charge is -2.13. The van der Waals surface area contributed by atoms with Gasteiger partial charge in [-0.3, -0.25) is 21.0 Å². The Kier molecular flexibility index (Phi) is 5.51. The van der Waals surface area contributed by atoms with Crippen molar-refractivity contribution in [3.8, 4) is 0 Å². The van der Waals surface area contributed by atoms with Crippen LogP contribution in [-0.2, 0) is 0 Å². The number of carbonyl (C=O) groups is 1. The Morgan fingerprint density at radius 2 is 1.88 bits per heavy atom. The van der Waals surface area contributed by atoms with E-state index < -0.39 is 10.9 Å². The fourth-order valence-corrected chi connectivity index (χ4v) is 2.03. The first-order valence-corrected chi connectivity index (χ1v) is 7.26. The molecule has 2 aromatic rings. The van der Waals surface area contributed by atoms with Gasteiger partial charge in [0.25, 0.3) is 5.69 Å². The van der Waals surface area contributed by atoms with Crippen molar-refractivity contribution in [2.75, 3.05) is 10.7 Å². The normalized spacial score (nSPS) is 9.88. The number of carboxylic acids is 1. The monoisotopic (exact) mass is 366 g/mol. The predicted molar refractivity (Wildman–Crippen MR) is 94.5 cm³/mol. The van der Waals surface area contributed by atoms with Crippen molar-refractivity contribution in [2.45, 2.75) is 0 Å². The van der Waals surface area contributed by atoms with E-state index in [-0.39, 0.29) is 27.1 Å². The number of halogens is 1. The molecule has 2 aromatic carbocycles. The Bertz CT molecular complexity index is 798. The van der Waals surface area contributed by atoms with Gasteiger partial charge in [-0.15, -0.1) is 0 Å². The molecular formula is C14H11ClN4O4S. The van der Waals surface area contributed by atoms with E-state index in [1.165, 1.54) is 30.3 Å². The molecule has 0 saturated heterocycles. The van der Waals surface area contributed by atoms with Gasteiger partial charge in [0.2, 0.25) is 0 Å². The highest BCUT2D eigenvalue weighted by Gasteiger charge is 2.10. The summed E-state index contributed by atoms with van der Waals surface area (Å²) in [4.78, 5) is 21.0. The molecule has 24 heavy (non-hydrogen) atoms. The standard InChI is InChI=1S/C14H11ClN4O4S/c15-11-6-5-10(19(22)23)7-12(11)16-14(24)18-17-9-3-1-8(2-4-9)13(20)21/h1-7,17H,(H,20,21)(H2,16,18,24). The van der Waals surface area contributed by atoms with Gasteiger partial charge in [0.15, 0.2) is 5.11 Å². The number of rotatable bonds is 5. The van der Waals surface area contributed by atoms with Crippen LogP contribution in [0.3, 0.4) is 0 Å². The Morgan fingerprint density at radius 3 is 2.46 bits per heavy atom. The second-order valence-corrected chi connectivity index (χ2v) is 5.32. The van der Waals surface area contributed by atoms with Crippen LogP contribution in [0.15, 0.2) is 42.5 Å². The van der Waals surface area contributed by atoms with Gasteiger partial charge >= 0.3 is 5.97 Å². The number of benzene rings is 2. The number of thiocarbonyl (C=S) groups is 1. The molecule has 2 rings (SSSR count). The van der Waals surface area contributed by atoms with E-state index in [0.717, 1.165) is 0 Å². The van der Waals surface area contributed by atoms with Crippen LogP contribution in [-0.4, -0.2) is 21.1 Å².